The first-order chi connectivity index (χ1) is 7.45. The van der Waals surface area contributed by atoms with Crippen LogP contribution in [0.2, 0.25) is 0 Å². The van der Waals surface area contributed by atoms with Crippen LogP contribution in [0, 0.1) is 0 Å². The van der Waals surface area contributed by atoms with Crippen molar-refractivity contribution in [2.75, 3.05) is 0 Å². The molecule has 0 aromatic heterocycles. The molecule has 0 bridgehead atoms. The Morgan fingerprint density at radius 1 is 0.941 bits per heavy atom. The Bertz CT molecular complexity index is 307. The molecule has 4 amide bonds. The summed E-state index contributed by atoms with van der Waals surface area (Å²) in [5, 5.41) is 2.44. The zero-order valence-corrected chi connectivity index (χ0v) is 11.6. The van der Waals surface area contributed by atoms with E-state index in [0.29, 0.717) is 6.42 Å². The zero-order chi connectivity index (χ0) is 14.0. The van der Waals surface area contributed by atoms with Gasteiger partial charge in [-0.25, -0.2) is 19.6 Å². The molecule has 4 N–H and O–H groups in total. The Hall–Kier alpha value is -1.46. The molecular formula is C11H24N4O2. The second-order valence-corrected chi connectivity index (χ2v) is 5.64. The van der Waals surface area contributed by atoms with Crippen molar-refractivity contribution in [3.05, 3.63) is 0 Å². The van der Waals surface area contributed by atoms with Crippen molar-refractivity contribution in [2.24, 2.45) is 11.5 Å². The Labute approximate surface area is 103 Å². The van der Waals surface area contributed by atoms with Gasteiger partial charge in [0.25, 0.3) is 0 Å². The van der Waals surface area contributed by atoms with E-state index in [9.17, 15) is 9.59 Å². The monoisotopic (exact) mass is 244 g/mol. The molecule has 0 aliphatic carbocycles. The minimum Gasteiger partial charge on any atom is -0.350 e. The van der Waals surface area contributed by atoms with Gasteiger partial charge >= 0.3 is 12.1 Å². The number of primary amides is 2. The topological polar surface area (TPSA) is 92.7 Å². The van der Waals surface area contributed by atoms with Crippen LogP contribution in [0.4, 0.5) is 9.59 Å². The predicted molar refractivity (Wildman–Crippen MR) is 67.0 cm³/mol. The van der Waals surface area contributed by atoms with Gasteiger partial charge in [-0.1, -0.05) is 6.92 Å². The van der Waals surface area contributed by atoms with Crippen LogP contribution in [-0.2, 0) is 0 Å². The Morgan fingerprint density at radius 2 is 1.29 bits per heavy atom. The van der Waals surface area contributed by atoms with Crippen LogP contribution in [-0.4, -0.2) is 33.2 Å². The summed E-state index contributed by atoms with van der Waals surface area (Å²) >= 11 is 0. The van der Waals surface area contributed by atoms with Crippen molar-refractivity contribution < 1.29 is 9.59 Å². The fourth-order valence-corrected chi connectivity index (χ4v) is 1.55. The number of nitrogens with two attached hydrogens (primary N) is 2. The smallest absolute Gasteiger partial charge is 0.334 e. The van der Waals surface area contributed by atoms with Crippen molar-refractivity contribution in [3.8, 4) is 0 Å². The van der Waals surface area contributed by atoms with Gasteiger partial charge in [-0.15, -0.1) is 0 Å². The number of hydrogen-bond acceptors (Lipinski definition) is 2. The molecule has 6 heteroatoms. The van der Waals surface area contributed by atoms with Crippen LogP contribution in [0.25, 0.3) is 0 Å². The minimum atomic E-state index is -0.696. The summed E-state index contributed by atoms with van der Waals surface area (Å²) in [5.74, 6) is 0. The molecule has 0 aliphatic heterocycles. The third-order valence-corrected chi connectivity index (χ3v) is 2.69. The second-order valence-electron chi connectivity index (χ2n) is 5.64. The summed E-state index contributed by atoms with van der Waals surface area (Å²) in [6.45, 7) is 11.0. The van der Waals surface area contributed by atoms with Gasteiger partial charge in [-0.3, -0.25) is 0 Å². The van der Waals surface area contributed by atoms with Crippen molar-refractivity contribution in [3.63, 3.8) is 0 Å². The molecule has 6 nitrogen and oxygen atoms in total. The van der Waals surface area contributed by atoms with E-state index in [1.165, 1.54) is 10.0 Å². The van der Waals surface area contributed by atoms with Gasteiger partial charge in [-0.2, -0.15) is 0 Å². The number of carbonyl (C=O) groups is 2. The van der Waals surface area contributed by atoms with Gasteiger partial charge in [0.1, 0.15) is 0 Å². The van der Waals surface area contributed by atoms with Gasteiger partial charge in [0.2, 0.25) is 0 Å². The van der Waals surface area contributed by atoms with E-state index in [1.54, 1.807) is 20.8 Å². The lowest BCUT2D eigenvalue weighted by molar-refractivity contribution is -0.0673. The molecule has 0 aliphatic rings. The summed E-state index contributed by atoms with van der Waals surface area (Å²) in [6, 6.07) is -1.39. The molecule has 0 atom stereocenters. The van der Waals surface area contributed by atoms with Crippen molar-refractivity contribution in [1.82, 2.24) is 10.0 Å². The molecular weight excluding hydrogens is 220 g/mol. The lowest BCUT2D eigenvalue weighted by atomic mass is 10.00. The van der Waals surface area contributed by atoms with Crippen LogP contribution in [0.1, 0.15) is 48.0 Å². The zero-order valence-electron chi connectivity index (χ0n) is 11.6. The highest BCUT2D eigenvalue weighted by atomic mass is 16.2. The maximum Gasteiger partial charge on any atom is 0.334 e. The first-order valence-corrected chi connectivity index (χ1v) is 5.64. The summed E-state index contributed by atoms with van der Waals surface area (Å²) in [7, 11) is 0. The van der Waals surface area contributed by atoms with Crippen LogP contribution < -0.4 is 11.5 Å². The summed E-state index contributed by atoms with van der Waals surface area (Å²) < 4.78 is 0. The average molecular weight is 244 g/mol. The summed E-state index contributed by atoms with van der Waals surface area (Å²) in [6.07, 6.45) is 0.649. The average Bonchev–Trinajstić information content (AvgIpc) is 2.10. The summed E-state index contributed by atoms with van der Waals surface area (Å²) in [5.41, 5.74) is 9.53. The van der Waals surface area contributed by atoms with E-state index in [2.05, 4.69) is 0 Å². The third kappa shape index (κ3) is 3.51. The fraction of sp³-hybridized carbons (Fsp3) is 0.818. The Kier molecular flexibility index (Phi) is 4.40. The van der Waals surface area contributed by atoms with E-state index in [4.69, 9.17) is 11.5 Å². The number of hydrogen-bond donors (Lipinski definition) is 2. The number of urea groups is 2. The van der Waals surface area contributed by atoms with Crippen LogP contribution in [0.5, 0.6) is 0 Å². The quantitative estimate of drug-likeness (QED) is 0.723. The standard InChI is InChI=1S/C11H24N4O2/c1-7-11(5,6)15(9(13)17)14(8(12)16)10(2,3)4/h7H2,1-6H3,(H2,12,16)(H2,13,17). The van der Waals surface area contributed by atoms with Crippen LogP contribution >= 0.6 is 0 Å². The lowest BCUT2D eigenvalue weighted by Gasteiger charge is -2.48. The molecule has 0 saturated heterocycles. The molecule has 0 saturated carbocycles. The van der Waals surface area contributed by atoms with Crippen LogP contribution in [0.3, 0.4) is 0 Å². The van der Waals surface area contributed by atoms with E-state index in [1.807, 2.05) is 20.8 Å². The van der Waals surface area contributed by atoms with Crippen molar-refractivity contribution in [1.29, 1.82) is 0 Å². The Morgan fingerprint density at radius 3 is 1.47 bits per heavy atom. The highest BCUT2D eigenvalue weighted by Gasteiger charge is 2.40. The van der Waals surface area contributed by atoms with Gasteiger partial charge in [-0.05, 0) is 41.0 Å². The van der Waals surface area contributed by atoms with E-state index in [0.717, 1.165) is 0 Å². The van der Waals surface area contributed by atoms with Gasteiger partial charge < -0.3 is 11.5 Å². The molecule has 0 radical (unpaired) electrons. The fourth-order valence-electron chi connectivity index (χ4n) is 1.55. The third-order valence-electron chi connectivity index (χ3n) is 2.69. The second kappa shape index (κ2) is 4.81. The Balaban J connectivity index is 5.58. The number of amides is 4. The molecule has 0 fully saturated rings. The molecule has 0 aromatic carbocycles. The molecule has 0 heterocycles. The highest BCUT2D eigenvalue weighted by Crippen LogP contribution is 2.26. The molecule has 0 aromatic rings. The molecule has 0 spiro atoms. The number of carbonyl (C=O) groups excluding carboxylic acids is 2. The molecule has 0 unspecified atom stereocenters. The first kappa shape index (κ1) is 15.5. The molecule has 0 rings (SSSR count). The molecule has 17 heavy (non-hydrogen) atoms. The van der Waals surface area contributed by atoms with Gasteiger partial charge in [0.05, 0.1) is 11.1 Å². The molecule has 100 valence electrons. The van der Waals surface area contributed by atoms with Crippen molar-refractivity contribution in [2.45, 2.75) is 59.0 Å². The minimum absolute atomic E-state index is 0.575. The van der Waals surface area contributed by atoms with E-state index in [-0.39, 0.29) is 0 Å². The van der Waals surface area contributed by atoms with Gasteiger partial charge in [0, 0.05) is 0 Å². The number of rotatable bonds is 2. The lowest BCUT2D eigenvalue weighted by Crippen LogP contribution is -2.66. The SMILES string of the molecule is CCC(C)(C)N(C(N)=O)N(C(N)=O)C(C)(C)C. The predicted octanol–water partition coefficient (Wildman–Crippen LogP) is 1.65. The van der Waals surface area contributed by atoms with Crippen LogP contribution in [0.15, 0.2) is 0 Å². The van der Waals surface area contributed by atoms with Crippen molar-refractivity contribution >= 4 is 12.1 Å². The van der Waals surface area contributed by atoms with E-state index < -0.39 is 23.1 Å². The largest absolute Gasteiger partial charge is 0.350 e. The van der Waals surface area contributed by atoms with E-state index >= 15 is 0 Å². The first-order valence-electron chi connectivity index (χ1n) is 5.64. The number of nitrogens with zero attached hydrogens (tertiary/aromatic N) is 2. The number of hydrazine groups is 1. The van der Waals surface area contributed by atoms with Gasteiger partial charge in [0.15, 0.2) is 0 Å². The highest BCUT2D eigenvalue weighted by molar-refractivity contribution is 5.79. The maximum absolute atomic E-state index is 11.6. The normalized spacial score (nSPS) is 12.1. The summed E-state index contributed by atoms with van der Waals surface area (Å²) in [4.78, 5) is 23.1. The maximum atomic E-state index is 11.6.